The zero-order chi connectivity index (χ0) is 10.1. The summed E-state index contributed by atoms with van der Waals surface area (Å²) < 4.78 is 4.98. The van der Waals surface area contributed by atoms with Crippen molar-refractivity contribution in [2.24, 2.45) is 46.8 Å². The van der Waals surface area contributed by atoms with E-state index in [1.54, 1.807) is 0 Å². The number of carbonyl (C=O) groups is 2. The van der Waals surface area contributed by atoms with Crippen LogP contribution in [0.2, 0.25) is 0 Å². The number of ether oxygens (including phenoxy) is 1. The van der Waals surface area contributed by atoms with Gasteiger partial charge in [0.15, 0.2) is 0 Å². The van der Waals surface area contributed by atoms with E-state index in [-0.39, 0.29) is 23.2 Å². The lowest BCUT2D eigenvalue weighted by atomic mass is 9.34. The van der Waals surface area contributed by atoms with Gasteiger partial charge in [0.25, 0.3) is 0 Å². The molecule has 8 unspecified atom stereocenters. The summed E-state index contributed by atoms with van der Waals surface area (Å²) in [6, 6.07) is 0. The lowest BCUT2D eigenvalue weighted by Crippen LogP contribution is -2.70. The summed E-state index contributed by atoms with van der Waals surface area (Å²) >= 11 is 0. The van der Waals surface area contributed by atoms with E-state index in [1.165, 1.54) is 7.11 Å². The average Bonchev–Trinajstić information content (AvgIpc) is 2.67. The van der Waals surface area contributed by atoms with Crippen molar-refractivity contribution in [3.63, 3.8) is 0 Å². The highest BCUT2D eigenvalue weighted by atomic mass is 16.5. The number of esters is 1. The molecule has 8 atom stereocenters. The molecule has 6 aliphatic carbocycles. The summed E-state index contributed by atoms with van der Waals surface area (Å²) in [6.45, 7) is 0. The highest BCUT2D eigenvalue weighted by molar-refractivity contribution is 6.02. The van der Waals surface area contributed by atoms with Crippen LogP contribution in [0.1, 0.15) is 6.42 Å². The van der Waals surface area contributed by atoms with Crippen molar-refractivity contribution in [2.75, 3.05) is 7.11 Å². The number of hydrogen-bond donors (Lipinski definition) is 0. The van der Waals surface area contributed by atoms with E-state index in [1.807, 2.05) is 0 Å². The van der Waals surface area contributed by atoms with Crippen LogP contribution in [0.4, 0.5) is 0 Å². The summed E-state index contributed by atoms with van der Waals surface area (Å²) in [7, 11) is 1.47. The van der Waals surface area contributed by atoms with Gasteiger partial charge < -0.3 is 4.74 Å². The summed E-state index contributed by atoms with van der Waals surface area (Å²) in [4.78, 5) is 24.1. The third-order valence-electron chi connectivity index (χ3n) is 6.43. The predicted molar refractivity (Wildman–Crippen MR) is 48.5 cm³/mol. The van der Waals surface area contributed by atoms with E-state index in [4.69, 9.17) is 4.74 Å². The van der Waals surface area contributed by atoms with E-state index in [0.29, 0.717) is 29.5 Å². The summed E-state index contributed by atoms with van der Waals surface area (Å²) in [6.07, 6.45) is 1.13. The first-order valence-corrected chi connectivity index (χ1v) is 5.86. The van der Waals surface area contributed by atoms with Crippen LogP contribution in [0, 0.1) is 46.8 Å². The molecule has 0 saturated heterocycles. The number of hydrogen-bond acceptors (Lipinski definition) is 3. The van der Waals surface area contributed by atoms with Gasteiger partial charge in [0.2, 0.25) is 0 Å². The Kier molecular flexibility index (Phi) is 0.822. The molecule has 78 valence electrons. The molecule has 0 N–H and O–H groups in total. The van der Waals surface area contributed by atoms with Crippen LogP contribution < -0.4 is 0 Å². The number of Topliss-reactive ketones (excluding diaryl/α,β-unsaturated/α-hetero) is 1. The van der Waals surface area contributed by atoms with Crippen LogP contribution in [0.5, 0.6) is 0 Å². The van der Waals surface area contributed by atoms with Crippen LogP contribution >= 0.6 is 0 Å². The third kappa shape index (κ3) is 0.384. The molecule has 0 aliphatic heterocycles. The Balaban J connectivity index is 1.78. The standard InChI is InChI=1S/C12H12O3/c1-15-11(14)12-4-2-3-5-6(4)9(12)7(5)10(13)8(3)12/h3-9H,2H2,1H3. The first-order valence-electron chi connectivity index (χ1n) is 5.86. The SMILES string of the molecule is COC(=O)C12C3CC4C5C(C(=O)C41)C2C53. The molecule has 0 spiro atoms. The Morgan fingerprint density at radius 2 is 2.27 bits per heavy atom. The molecule has 0 heterocycles. The van der Waals surface area contributed by atoms with E-state index >= 15 is 0 Å². The lowest BCUT2D eigenvalue weighted by molar-refractivity contribution is -0.247. The number of rotatable bonds is 1. The Labute approximate surface area is 87.2 Å². The first kappa shape index (κ1) is 7.42. The summed E-state index contributed by atoms with van der Waals surface area (Å²) in [5, 5.41) is 0. The van der Waals surface area contributed by atoms with E-state index in [9.17, 15) is 9.59 Å². The maximum atomic E-state index is 12.1. The van der Waals surface area contributed by atoms with Gasteiger partial charge in [-0.1, -0.05) is 0 Å². The van der Waals surface area contributed by atoms with Gasteiger partial charge >= 0.3 is 5.97 Å². The maximum Gasteiger partial charge on any atom is 0.313 e. The van der Waals surface area contributed by atoms with Gasteiger partial charge in [-0.2, -0.15) is 0 Å². The van der Waals surface area contributed by atoms with Gasteiger partial charge in [-0.05, 0) is 36.0 Å². The van der Waals surface area contributed by atoms with Crippen molar-refractivity contribution >= 4 is 11.8 Å². The summed E-state index contributed by atoms with van der Waals surface area (Å²) in [5.74, 6) is 3.55. The number of ketones is 1. The molecule has 3 heteroatoms. The normalized spacial score (nSPS) is 69.4. The Hall–Kier alpha value is -0.860. The Bertz CT molecular complexity index is 442. The molecular formula is C12H12O3. The van der Waals surface area contributed by atoms with Gasteiger partial charge in [0.1, 0.15) is 5.78 Å². The largest absolute Gasteiger partial charge is 0.469 e. The van der Waals surface area contributed by atoms with Crippen LogP contribution in [0.3, 0.4) is 0 Å². The topological polar surface area (TPSA) is 43.4 Å². The molecule has 0 amide bonds. The zero-order valence-corrected chi connectivity index (χ0v) is 8.47. The maximum absolute atomic E-state index is 12.1. The zero-order valence-electron chi connectivity index (χ0n) is 8.47. The van der Waals surface area contributed by atoms with E-state index in [0.717, 1.165) is 12.3 Å². The molecule has 6 saturated carbocycles. The minimum absolute atomic E-state index is 0.0694. The van der Waals surface area contributed by atoms with E-state index < -0.39 is 0 Å². The van der Waals surface area contributed by atoms with Crippen LogP contribution in [0.15, 0.2) is 0 Å². The van der Waals surface area contributed by atoms with Crippen molar-refractivity contribution < 1.29 is 14.3 Å². The molecule has 15 heavy (non-hydrogen) atoms. The molecule has 6 rings (SSSR count). The molecule has 6 fully saturated rings. The fourth-order valence-corrected chi connectivity index (χ4v) is 6.51. The second-order valence-electron chi connectivity index (χ2n) is 6.02. The smallest absolute Gasteiger partial charge is 0.313 e. The Morgan fingerprint density at radius 3 is 3.00 bits per heavy atom. The van der Waals surface area contributed by atoms with Gasteiger partial charge in [0.05, 0.1) is 12.5 Å². The van der Waals surface area contributed by atoms with Crippen molar-refractivity contribution in [1.29, 1.82) is 0 Å². The number of methoxy groups -OCH3 is 1. The molecule has 6 aliphatic rings. The highest BCUT2D eigenvalue weighted by Gasteiger charge is 2.95. The third-order valence-corrected chi connectivity index (χ3v) is 6.43. The van der Waals surface area contributed by atoms with Crippen molar-refractivity contribution in [3.8, 4) is 0 Å². The number of carbonyl (C=O) groups excluding carboxylic acids is 2. The van der Waals surface area contributed by atoms with Gasteiger partial charge in [-0.3, -0.25) is 9.59 Å². The summed E-state index contributed by atoms with van der Waals surface area (Å²) in [5.41, 5.74) is -0.319. The molecule has 3 nitrogen and oxygen atoms in total. The fourth-order valence-electron chi connectivity index (χ4n) is 6.51. The van der Waals surface area contributed by atoms with Crippen LogP contribution in [-0.2, 0) is 14.3 Å². The second-order valence-corrected chi connectivity index (χ2v) is 6.02. The minimum atomic E-state index is -0.319. The van der Waals surface area contributed by atoms with Crippen molar-refractivity contribution in [1.82, 2.24) is 0 Å². The lowest BCUT2D eigenvalue weighted by Gasteiger charge is -2.67. The molecule has 4 bridgehead atoms. The van der Waals surface area contributed by atoms with Crippen molar-refractivity contribution in [3.05, 3.63) is 0 Å². The molecule has 0 aromatic heterocycles. The van der Waals surface area contributed by atoms with Gasteiger partial charge in [-0.25, -0.2) is 0 Å². The predicted octanol–water partition coefficient (Wildman–Crippen LogP) is 0.486. The first-order chi connectivity index (χ1) is 7.24. The quantitative estimate of drug-likeness (QED) is 0.584. The van der Waals surface area contributed by atoms with Crippen LogP contribution in [0.25, 0.3) is 0 Å². The van der Waals surface area contributed by atoms with E-state index in [2.05, 4.69) is 0 Å². The molecular weight excluding hydrogens is 192 g/mol. The monoisotopic (exact) mass is 204 g/mol. The highest BCUT2D eigenvalue weighted by Crippen LogP contribution is 2.92. The van der Waals surface area contributed by atoms with Crippen molar-refractivity contribution in [2.45, 2.75) is 6.42 Å². The average molecular weight is 204 g/mol. The molecule has 0 radical (unpaired) electrons. The Morgan fingerprint density at radius 1 is 1.47 bits per heavy atom. The minimum Gasteiger partial charge on any atom is -0.469 e. The molecule has 0 aromatic rings. The fraction of sp³-hybridized carbons (Fsp3) is 0.833. The molecule has 0 aromatic carbocycles. The van der Waals surface area contributed by atoms with Gasteiger partial charge in [0, 0.05) is 11.8 Å². The second kappa shape index (κ2) is 1.66. The van der Waals surface area contributed by atoms with Gasteiger partial charge in [-0.15, -0.1) is 0 Å². The van der Waals surface area contributed by atoms with Crippen LogP contribution in [-0.4, -0.2) is 18.9 Å².